The molecule has 0 fully saturated rings. The number of aromatic carboxylic acids is 1. The largest absolute Gasteiger partial charge is 0.487 e. The summed E-state index contributed by atoms with van der Waals surface area (Å²) >= 11 is 1.64. The number of carboxylic acid groups (broad SMARTS) is 1. The van der Waals surface area contributed by atoms with E-state index in [0.717, 1.165) is 41.0 Å². The predicted molar refractivity (Wildman–Crippen MR) is 127 cm³/mol. The number of carboxylic acids is 1. The molecule has 0 saturated carbocycles. The third-order valence-electron chi connectivity index (χ3n) is 6.63. The Hall–Kier alpha value is -2.86. The zero-order chi connectivity index (χ0) is 23.0. The van der Waals surface area contributed by atoms with Crippen molar-refractivity contribution in [2.75, 3.05) is 0 Å². The first-order valence-corrected chi connectivity index (χ1v) is 11.8. The fourth-order valence-corrected chi connectivity index (χ4v) is 5.75. The first-order chi connectivity index (χ1) is 15.0. The lowest BCUT2D eigenvalue weighted by atomic mass is 9.76. The van der Waals surface area contributed by atoms with Gasteiger partial charge in [-0.15, -0.1) is 0 Å². The van der Waals surface area contributed by atoms with Crippen LogP contribution in [0.4, 0.5) is 0 Å². The zero-order valence-electron chi connectivity index (χ0n) is 19.0. The van der Waals surface area contributed by atoms with Crippen molar-refractivity contribution in [3.05, 3.63) is 62.1 Å². The third kappa shape index (κ3) is 3.20. The summed E-state index contributed by atoms with van der Waals surface area (Å²) in [5, 5.41) is 13.7. The van der Waals surface area contributed by atoms with Crippen molar-refractivity contribution in [2.45, 2.75) is 59.1 Å². The second kappa shape index (κ2) is 6.82. The first-order valence-electron chi connectivity index (χ1n) is 10.9. The number of aromatic nitrogens is 1. The summed E-state index contributed by atoms with van der Waals surface area (Å²) in [6.45, 7) is 10.7. The molecule has 5 rings (SSSR count). The van der Waals surface area contributed by atoms with Crippen LogP contribution >= 0.6 is 11.3 Å². The molecule has 6 heteroatoms. The highest BCUT2D eigenvalue weighted by molar-refractivity contribution is 7.08. The summed E-state index contributed by atoms with van der Waals surface area (Å²) in [5.41, 5.74) is 5.26. The molecular formula is C26H27NO4S. The maximum Gasteiger partial charge on any atom is 0.341 e. The molecule has 1 aromatic carbocycles. The molecule has 2 aliphatic rings. The van der Waals surface area contributed by atoms with Crippen molar-refractivity contribution in [3.63, 3.8) is 0 Å². The number of nitrogens with zero attached hydrogens (tertiary/aromatic N) is 1. The molecule has 1 N–H and O–H groups in total. The number of carbonyl (C=O) groups is 1. The Labute approximate surface area is 191 Å². The number of benzene rings is 1. The van der Waals surface area contributed by atoms with Crippen LogP contribution in [0.2, 0.25) is 0 Å². The van der Waals surface area contributed by atoms with E-state index in [-0.39, 0.29) is 22.6 Å². The van der Waals surface area contributed by atoms with Gasteiger partial charge in [0.2, 0.25) is 0 Å². The minimum Gasteiger partial charge on any atom is -0.487 e. The Bertz CT molecular complexity index is 1310. The molecule has 5 nitrogen and oxygen atoms in total. The highest BCUT2D eigenvalue weighted by atomic mass is 32.1. The number of rotatable bonds is 2. The number of hydrogen-bond acceptors (Lipinski definition) is 4. The Morgan fingerprint density at radius 3 is 2.59 bits per heavy atom. The summed E-state index contributed by atoms with van der Waals surface area (Å²) in [7, 11) is 0. The zero-order valence-corrected chi connectivity index (χ0v) is 19.8. The Balaban J connectivity index is 1.85. The van der Waals surface area contributed by atoms with Gasteiger partial charge >= 0.3 is 5.97 Å². The minimum atomic E-state index is -1.19. The normalized spacial score (nSPS) is 18.5. The van der Waals surface area contributed by atoms with Crippen LogP contribution < -0.4 is 10.2 Å². The Morgan fingerprint density at radius 1 is 1.22 bits per heavy atom. The molecule has 32 heavy (non-hydrogen) atoms. The van der Waals surface area contributed by atoms with Gasteiger partial charge in [0.05, 0.1) is 5.69 Å². The van der Waals surface area contributed by atoms with Gasteiger partial charge in [0.1, 0.15) is 16.9 Å². The van der Waals surface area contributed by atoms with E-state index in [0.29, 0.717) is 0 Å². The lowest BCUT2D eigenvalue weighted by Crippen LogP contribution is -2.33. The molecule has 2 aromatic heterocycles. The quantitative estimate of drug-likeness (QED) is 0.537. The number of hydrogen-bond donors (Lipinski definition) is 1. The van der Waals surface area contributed by atoms with Crippen molar-refractivity contribution in [1.82, 2.24) is 4.57 Å². The average molecular weight is 450 g/mol. The standard InChI is InChI=1S/C26H27NO4S/c1-25(2,3)22-9-16-17(20-10-21(28)19(24(29)30)12-27(20)22)8-15(14-6-7-32-13-14)23-18(16)11-26(4,5)31-23/h6-8,10,12-13,22H,9,11H2,1-5H3,(H,29,30). The monoisotopic (exact) mass is 449 g/mol. The molecule has 166 valence electrons. The summed E-state index contributed by atoms with van der Waals surface area (Å²) < 4.78 is 8.47. The molecular weight excluding hydrogens is 422 g/mol. The maximum absolute atomic E-state index is 12.7. The van der Waals surface area contributed by atoms with Gasteiger partial charge in [0.15, 0.2) is 5.43 Å². The van der Waals surface area contributed by atoms with Crippen molar-refractivity contribution >= 4 is 17.3 Å². The van der Waals surface area contributed by atoms with E-state index >= 15 is 0 Å². The van der Waals surface area contributed by atoms with Crippen LogP contribution in [-0.2, 0) is 12.8 Å². The van der Waals surface area contributed by atoms with E-state index < -0.39 is 11.4 Å². The van der Waals surface area contributed by atoms with Gasteiger partial charge in [-0.1, -0.05) is 20.8 Å². The fraction of sp³-hybridized carbons (Fsp3) is 0.385. The predicted octanol–water partition coefficient (Wildman–Crippen LogP) is 5.80. The number of fused-ring (bicyclic) bond motifs is 5. The lowest BCUT2D eigenvalue weighted by Gasteiger charge is -2.39. The van der Waals surface area contributed by atoms with Gasteiger partial charge in [-0.2, -0.15) is 11.3 Å². The topological polar surface area (TPSA) is 68.5 Å². The summed E-state index contributed by atoms with van der Waals surface area (Å²) in [6.07, 6.45) is 3.10. The lowest BCUT2D eigenvalue weighted by molar-refractivity contribution is 0.0693. The van der Waals surface area contributed by atoms with Crippen LogP contribution in [0, 0.1) is 5.41 Å². The van der Waals surface area contributed by atoms with Gasteiger partial charge in [0.25, 0.3) is 0 Å². The fourth-order valence-electron chi connectivity index (χ4n) is 5.09. The molecule has 0 aliphatic carbocycles. The maximum atomic E-state index is 12.7. The number of pyridine rings is 1. The van der Waals surface area contributed by atoms with Gasteiger partial charge < -0.3 is 14.4 Å². The number of ether oxygens (including phenoxy) is 1. The third-order valence-corrected chi connectivity index (χ3v) is 7.31. The molecule has 4 heterocycles. The Kier molecular flexibility index (Phi) is 4.48. The van der Waals surface area contributed by atoms with Crippen LogP contribution in [0.15, 0.2) is 40.0 Å². The summed E-state index contributed by atoms with van der Waals surface area (Å²) in [6, 6.07) is 5.74. The number of thiophene rings is 1. The molecule has 3 aromatic rings. The summed E-state index contributed by atoms with van der Waals surface area (Å²) in [4.78, 5) is 24.4. The van der Waals surface area contributed by atoms with Crippen molar-refractivity contribution in [3.8, 4) is 28.1 Å². The molecule has 1 unspecified atom stereocenters. The second-order valence-corrected chi connectivity index (χ2v) is 11.3. The molecule has 0 saturated heterocycles. The SMILES string of the molecule is CC1(C)Cc2c3c(cc(-c4ccsc4)c2O1)-c1cc(=O)c(C(=O)O)cn1C(C(C)(C)C)C3. The van der Waals surface area contributed by atoms with Crippen molar-refractivity contribution < 1.29 is 14.6 Å². The molecule has 2 aliphatic heterocycles. The minimum absolute atomic E-state index is 0.0171. The van der Waals surface area contributed by atoms with E-state index in [1.807, 2.05) is 4.57 Å². The molecule has 0 bridgehead atoms. The molecule has 0 spiro atoms. The molecule has 1 atom stereocenters. The smallest absolute Gasteiger partial charge is 0.341 e. The molecule has 0 amide bonds. The van der Waals surface area contributed by atoms with Gasteiger partial charge in [0, 0.05) is 41.4 Å². The van der Waals surface area contributed by atoms with Gasteiger partial charge in [-0.05, 0) is 59.7 Å². The van der Waals surface area contributed by atoms with Crippen LogP contribution in [-0.4, -0.2) is 21.2 Å². The first kappa shape index (κ1) is 21.0. The van der Waals surface area contributed by atoms with E-state index in [9.17, 15) is 14.7 Å². The van der Waals surface area contributed by atoms with E-state index in [4.69, 9.17) is 4.74 Å². The van der Waals surface area contributed by atoms with Crippen LogP contribution in [0.25, 0.3) is 22.4 Å². The highest BCUT2D eigenvalue weighted by Crippen LogP contribution is 2.52. The van der Waals surface area contributed by atoms with Gasteiger partial charge in [-0.25, -0.2) is 4.79 Å². The van der Waals surface area contributed by atoms with E-state index in [1.54, 1.807) is 11.3 Å². The van der Waals surface area contributed by atoms with Crippen LogP contribution in [0.3, 0.4) is 0 Å². The van der Waals surface area contributed by atoms with Gasteiger partial charge in [-0.3, -0.25) is 4.79 Å². The van der Waals surface area contributed by atoms with E-state index in [1.165, 1.54) is 23.4 Å². The van der Waals surface area contributed by atoms with Crippen LogP contribution in [0.1, 0.15) is 62.1 Å². The summed E-state index contributed by atoms with van der Waals surface area (Å²) in [5.74, 6) is -0.246. The average Bonchev–Trinajstić information content (AvgIpc) is 3.32. The van der Waals surface area contributed by atoms with E-state index in [2.05, 4.69) is 57.5 Å². The van der Waals surface area contributed by atoms with Crippen molar-refractivity contribution in [2.24, 2.45) is 5.41 Å². The second-order valence-electron chi connectivity index (χ2n) is 10.5. The highest BCUT2D eigenvalue weighted by Gasteiger charge is 2.40. The van der Waals surface area contributed by atoms with Crippen molar-refractivity contribution in [1.29, 1.82) is 0 Å². The molecule has 0 radical (unpaired) electrons. The van der Waals surface area contributed by atoms with Crippen LogP contribution in [0.5, 0.6) is 5.75 Å². The Morgan fingerprint density at radius 2 is 1.97 bits per heavy atom.